The molecule has 0 fully saturated rings. The molecule has 0 heterocycles. The highest BCUT2D eigenvalue weighted by molar-refractivity contribution is 9.10. The molecule has 0 aliphatic rings. The normalized spacial score (nSPS) is 14.8. The number of halogens is 1. The molecule has 90 valence electrons. The first-order valence-corrected chi connectivity index (χ1v) is 6.23. The Morgan fingerprint density at radius 1 is 1.44 bits per heavy atom. The number of aliphatic hydroxyl groups excluding tert-OH is 1. The van der Waals surface area contributed by atoms with Crippen LogP contribution in [0.5, 0.6) is 5.75 Å². The number of hydrogen-bond donors (Lipinski definition) is 3. The van der Waals surface area contributed by atoms with Gasteiger partial charge < -0.3 is 15.5 Å². The number of aliphatic hydroxyl groups is 1. The van der Waals surface area contributed by atoms with Crippen LogP contribution in [0.25, 0.3) is 0 Å². The Balaban J connectivity index is 2.76. The predicted octanol–water partition coefficient (Wildman–Crippen LogP) is 2.58. The summed E-state index contributed by atoms with van der Waals surface area (Å²) in [5, 5.41) is 22.2. The van der Waals surface area contributed by atoms with Crippen molar-refractivity contribution in [1.82, 2.24) is 5.32 Å². The molecular weight excluding hydrogens is 270 g/mol. The Morgan fingerprint density at radius 3 is 2.62 bits per heavy atom. The lowest BCUT2D eigenvalue weighted by atomic mass is 10.1. The summed E-state index contributed by atoms with van der Waals surface area (Å²) in [5.74, 6) is 0.266. The van der Waals surface area contributed by atoms with Crippen LogP contribution in [0.15, 0.2) is 22.7 Å². The van der Waals surface area contributed by atoms with Crippen molar-refractivity contribution in [2.45, 2.75) is 32.4 Å². The van der Waals surface area contributed by atoms with Gasteiger partial charge in [0.1, 0.15) is 5.75 Å². The molecule has 2 atom stereocenters. The average molecular weight is 288 g/mol. The maximum atomic E-state index is 9.79. The van der Waals surface area contributed by atoms with Crippen LogP contribution in [0.3, 0.4) is 0 Å². The van der Waals surface area contributed by atoms with E-state index in [1.54, 1.807) is 6.07 Å². The molecule has 3 nitrogen and oxygen atoms in total. The van der Waals surface area contributed by atoms with Crippen molar-refractivity contribution in [2.75, 3.05) is 6.61 Å². The summed E-state index contributed by atoms with van der Waals surface area (Å²) in [7, 11) is 0. The number of aromatic hydroxyl groups is 1. The lowest BCUT2D eigenvalue weighted by molar-refractivity contribution is 0.229. The summed E-state index contributed by atoms with van der Waals surface area (Å²) in [5.41, 5.74) is 0.843. The summed E-state index contributed by atoms with van der Waals surface area (Å²) in [4.78, 5) is 0. The number of nitrogens with one attached hydrogen (secondary N) is 1. The zero-order valence-electron chi connectivity index (χ0n) is 9.57. The molecule has 0 amide bonds. The van der Waals surface area contributed by atoms with Crippen LogP contribution in [0.2, 0.25) is 0 Å². The first-order valence-electron chi connectivity index (χ1n) is 5.43. The fourth-order valence-corrected chi connectivity index (χ4v) is 1.97. The summed E-state index contributed by atoms with van der Waals surface area (Å²) < 4.78 is 0.857. The van der Waals surface area contributed by atoms with Crippen molar-refractivity contribution in [3.05, 3.63) is 28.2 Å². The van der Waals surface area contributed by atoms with Crippen molar-refractivity contribution < 1.29 is 10.2 Å². The summed E-state index contributed by atoms with van der Waals surface area (Å²) in [6, 6.07) is 5.53. The van der Waals surface area contributed by atoms with E-state index < -0.39 is 0 Å². The van der Waals surface area contributed by atoms with E-state index in [0.29, 0.717) is 0 Å². The van der Waals surface area contributed by atoms with Crippen molar-refractivity contribution in [3.63, 3.8) is 0 Å². The number of rotatable bonds is 5. The smallest absolute Gasteiger partial charge is 0.121 e. The maximum absolute atomic E-state index is 9.79. The van der Waals surface area contributed by atoms with E-state index in [0.717, 1.165) is 16.5 Å². The van der Waals surface area contributed by atoms with Gasteiger partial charge in [0.05, 0.1) is 6.61 Å². The van der Waals surface area contributed by atoms with Gasteiger partial charge in [-0.15, -0.1) is 0 Å². The number of phenols is 1. The zero-order chi connectivity index (χ0) is 12.1. The van der Waals surface area contributed by atoms with Gasteiger partial charge in [-0.25, -0.2) is 0 Å². The molecule has 0 aliphatic carbocycles. The molecule has 0 radical (unpaired) electrons. The fourth-order valence-electron chi connectivity index (χ4n) is 1.63. The van der Waals surface area contributed by atoms with Crippen LogP contribution in [-0.2, 0) is 0 Å². The summed E-state index contributed by atoms with van der Waals surface area (Å²) >= 11 is 3.30. The Hall–Kier alpha value is -0.580. The molecule has 0 spiro atoms. The Kier molecular flexibility index (Phi) is 5.25. The minimum Gasteiger partial charge on any atom is -0.508 e. The van der Waals surface area contributed by atoms with Crippen LogP contribution in [0.4, 0.5) is 0 Å². The van der Waals surface area contributed by atoms with E-state index in [4.69, 9.17) is 5.11 Å². The van der Waals surface area contributed by atoms with E-state index >= 15 is 0 Å². The lowest BCUT2D eigenvalue weighted by Crippen LogP contribution is -2.33. The minimum absolute atomic E-state index is 0.0187. The van der Waals surface area contributed by atoms with E-state index in [2.05, 4.69) is 21.2 Å². The van der Waals surface area contributed by atoms with Crippen molar-refractivity contribution >= 4 is 15.9 Å². The largest absolute Gasteiger partial charge is 0.508 e. The topological polar surface area (TPSA) is 52.5 Å². The third kappa shape index (κ3) is 3.47. The van der Waals surface area contributed by atoms with Gasteiger partial charge in [-0.05, 0) is 25.5 Å². The van der Waals surface area contributed by atoms with E-state index in [-0.39, 0.29) is 24.4 Å². The van der Waals surface area contributed by atoms with Gasteiger partial charge in [-0.2, -0.15) is 0 Å². The predicted molar refractivity (Wildman–Crippen MR) is 68.5 cm³/mol. The average Bonchev–Trinajstić information content (AvgIpc) is 2.25. The van der Waals surface area contributed by atoms with Crippen molar-refractivity contribution in [3.8, 4) is 5.75 Å². The number of benzene rings is 1. The third-order valence-electron chi connectivity index (χ3n) is 2.66. The molecule has 4 heteroatoms. The lowest BCUT2D eigenvalue weighted by Gasteiger charge is -2.21. The van der Waals surface area contributed by atoms with Gasteiger partial charge in [0, 0.05) is 22.1 Å². The van der Waals surface area contributed by atoms with Gasteiger partial charge in [0.2, 0.25) is 0 Å². The molecule has 0 aliphatic heterocycles. The third-order valence-corrected chi connectivity index (χ3v) is 3.15. The molecule has 0 aromatic heterocycles. The van der Waals surface area contributed by atoms with Crippen molar-refractivity contribution in [2.24, 2.45) is 0 Å². The fraction of sp³-hybridized carbons (Fsp3) is 0.500. The zero-order valence-corrected chi connectivity index (χ0v) is 11.2. The highest BCUT2D eigenvalue weighted by atomic mass is 79.9. The minimum atomic E-state index is 0.0187. The summed E-state index contributed by atoms with van der Waals surface area (Å²) in [6.45, 7) is 4.10. The van der Waals surface area contributed by atoms with Crippen LogP contribution in [-0.4, -0.2) is 22.9 Å². The molecule has 1 aromatic carbocycles. The van der Waals surface area contributed by atoms with Crippen LogP contribution >= 0.6 is 15.9 Å². The maximum Gasteiger partial charge on any atom is 0.121 e. The standard InChI is InChI=1S/C12H18BrNO2/c1-3-10(7-15)14-8(2)11-5-4-9(13)6-12(11)16/h4-6,8,10,14-16H,3,7H2,1-2H3/t8?,10-/m1/s1. The molecule has 1 unspecified atom stereocenters. The highest BCUT2D eigenvalue weighted by Crippen LogP contribution is 2.27. The molecule has 0 saturated carbocycles. The van der Waals surface area contributed by atoms with Gasteiger partial charge in [0.25, 0.3) is 0 Å². The van der Waals surface area contributed by atoms with Gasteiger partial charge in [-0.1, -0.05) is 28.9 Å². The number of hydrogen-bond acceptors (Lipinski definition) is 3. The van der Waals surface area contributed by atoms with E-state index in [1.807, 2.05) is 26.0 Å². The molecule has 3 N–H and O–H groups in total. The van der Waals surface area contributed by atoms with Gasteiger partial charge in [0.15, 0.2) is 0 Å². The quantitative estimate of drug-likeness (QED) is 0.780. The molecule has 0 saturated heterocycles. The second-order valence-corrected chi connectivity index (χ2v) is 4.79. The first-order chi connectivity index (χ1) is 7.58. The SMILES string of the molecule is CC[C@H](CO)NC(C)c1ccc(Br)cc1O. The monoisotopic (exact) mass is 287 g/mol. The Labute approximate surface area is 105 Å². The molecule has 16 heavy (non-hydrogen) atoms. The van der Waals surface area contributed by atoms with Gasteiger partial charge in [-0.3, -0.25) is 0 Å². The second kappa shape index (κ2) is 6.23. The Bertz CT molecular complexity index is 340. The molecule has 1 rings (SSSR count). The highest BCUT2D eigenvalue weighted by Gasteiger charge is 2.14. The van der Waals surface area contributed by atoms with Crippen LogP contribution < -0.4 is 5.32 Å². The van der Waals surface area contributed by atoms with Gasteiger partial charge >= 0.3 is 0 Å². The van der Waals surface area contributed by atoms with Crippen molar-refractivity contribution in [1.29, 1.82) is 0 Å². The molecular formula is C12H18BrNO2. The van der Waals surface area contributed by atoms with E-state index in [1.165, 1.54) is 0 Å². The molecule has 1 aromatic rings. The Morgan fingerprint density at radius 2 is 2.12 bits per heavy atom. The second-order valence-electron chi connectivity index (χ2n) is 3.88. The molecule has 0 bridgehead atoms. The van der Waals surface area contributed by atoms with Crippen LogP contribution in [0, 0.1) is 0 Å². The number of phenolic OH excluding ortho intramolecular Hbond substituents is 1. The van der Waals surface area contributed by atoms with Crippen LogP contribution in [0.1, 0.15) is 31.9 Å². The first kappa shape index (κ1) is 13.5. The summed E-state index contributed by atoms with van der Waals surface area (Å²) in [6.07, 6.45) is 0.859. The van der Waals surface area contributed by atoms with E-state index in [9.17, 15) is 5.11 Å².